The molecular weight excluding hydrogens is 464 g/mol. The molecule has 2 aromatic carbocycles. The second-order valence-corrected chi connectivity index (χ2v) is 9.80. The third-order valence-corrected chi connectivity index (χ3v) is 6.83. The monoisotopic (exact) mass is 502 g/mol. The van der Waals surface area contributed by atoms with Gasteiger partial charge in [0.15, 0.2) is 0 Å². The number of nitrogens with two attached hydrogens (primary N) is 2. The van der Waals surface area contributed by atoms with Gasteiger partial charge in [0.05, 0.1) is 5.69 Å². The van der Waals surface area contributed by atoms with Crippen molar-refractivity contribution >= 4 is 35.1 Å². The highest BCUT2D eigenvalue weighted by molar-refractivity contribution is 6.06. The number of aliphatic imine (C=N–C) groups is 1. The first-order valence-corrected chi connectivity index (χ1v) is 13.2. The van der Waals surface area contributed by atoms with E-state index in [4.69, 9.17) is 11.5 Å². The van der Waals surface area contributed by atoms with Gasteiger partial charge in [-0.1, -0.05) is 32.0 Å². The van der Waals surface area contributed by atoms with Gasteiger partial charge < -0.3 is 26.6 Å². The number of rotatable bonds is 9. The molecule has 0 radical (unpaired) electrons. The quantitative estimate of drug-likeness (QED) is 0.481. The van der Waals surface area contributed by atoms with Gasteiger partial charge in [0.25, 0.3) is 5.91 Å². The number of likely N-dealkylation sites (tertiary alicyclic amines) is 1. The molecule has 5 N–H and O–H groups in total. The first kappa shape index (κ1) is 26.4. The Labute approximate surface area is 219 Å². The molecule has 4 rings (SSSR count). The van der Waals surface area contributed by atoms with Crippen LogP contribution < -0.4 is 16.8 Å². The number of carbonyl (C=O) groups is 2. The molecule has 8 heteroatoms. The van der Waals surface area contributed by atoms with Crippen LogP contribution in [0.2, 0.25) is 0 Å². The average Bonchev–Trinajstić information content (AvgIpc) is 3.29. The zero-order valence-electron chi connectivity index (χ0n) is 21.9. The molecule has 2 heterocycles. The van der Waals surface area contributed by atoms with Crippen molar-refractivity contribution in [2.75, 3.05) is 31.5 Å². The lowest BCUT2D eigenvalue weighted by Gasteiger charge is -2.22. The van der Waals surface area contributed by atoms with Crippen molar-refractivity contribution in [2.45, 2.75) is 52.1 Å². The fourth-order valence-corrected chi connectivity index (χ4v) is 4.94. The molecule has 0 spiro atoms. The first-order chi connectivity index (χ1) is 17.9. The molecule has 2 aromatic rings. The predicted molar refractivity (Wildman–Crippen MR) is 150 cm³/mol. The second-order valence-electron chi connectivity index (χ2n) is 9.80. The number of hydrogen-bond donors (Lipinski definition) is 3. The summed E-state index contributed by atoms with van der Waals surface area (Å²) in [6.45, 7) is 7.40. The van der Waals surface area contributed by atoms with Crippen molar-refractivity contribution in [1.29, 1.82) is 0 Å². The lowest BCUT2D eigenvalue weighted by molar-refractivity contribution is -0.127. The van der Waals surface area contributed by atoms with E-state index >= 15 is 0 Å². The molecule has 2 aliphatic heterocycles. The Kier molecular flexibility index (Phi) is 8.61. The minimum absolute atomic E-state index is 0.00290. The standard InChI is InChI=1S/C29H38N6O2/c1-3-12-34(13-4-2)29(37)23-15-21-7-8-22(16-26(21)33-27(31)17-23)28(36)35-14-11-25(19-35)32-24-9-5-20(18-30)6-10-24/h5-10,15-16,25,32H,3-4,11-14,17-19,30H2,1-2H3,(H2,31,33)/t25-/m0/s1. The SMILES string of the molecule is CCCN(CCC)C(=O)C1=Cc2ccc(C(=O)N3CC[C@H](Nc4ccc(CN)cc4)C3)cc2N=C(N)C1. The van der Waals surface area contributed by atoms with Crippen molar-refractivity contribution in [1.82, 2.24) is 9.80 Å². The molecule has 0 aliphatic carbocycles. The van der Waals surface area contributed by atoms with Gasteiger partial charge in [-0.2, -0.15) is 0 Å². The summed E-state index contributed by atoms with van der Waals surface area (Å²) in [5, 5.41) is 3.52. The lowest BCUT2D eigenvalue weighted by atomic mass is 10.0. The Morgan fingerprint density at radius 1 is 1.11 bits per heavy atom. The number of benzene rings is 2. The molecule has 1 fully saturated rings. The second kappa shape index (κ2) is 12.1. The summed E-state index contributed by atoms with van der Waals surface area (Å²) in [6, 6.07) is 13.7. The van der Waals surface area contributed by atoms with Crippen molar-refractivity contribution in [3.8, 4) is 0 Å². The smallest absolute Gasteiger partial charge is 0.254 e. The number of amides is 2. The Balaban J connectivity index is 1.47. The molecular formula is C29H38N6O2. The molecule has 0 bridgehead atoms. The van der Waals surface area contributed by atoms with E-state index in [0.717, 1.165) is 36.1 Å². The van der Waals surface area contributed by atoms with E-state index in [1.807, 2.05) is 52.3 Å². The summed E-state index contributed by atoms with van der Waals surface area (Å²) >= 11 is 0. The van der Waals surface area contributed by atoms with Gasteiger partial charge in [-0.05, 0) is 55.2 Å². The number of carbonyl (C=O) groups excluding carboxylic acids is 2. The van der Waals surface area contributed by atoms with E-state index < -0.39 is 0 Å². The van der Waals surface area contributed by atoms with E-state index in [1.54, 1.807) is 6.07 Å². The van der Waals surface area contributed by atoms with Crippen molar-refractivity contribution in [3.05, 3.63) is 64.7 Å². The van der Waals surface area contributed by atoms with Crippen LogP contribution in [0.4, 0.5) is 11.4 Å². The van der Waals surface area contributed by atoms with Crippen LogP contribution in [0.15, 0.2) is 53.0 Å². The maximum atomic E-state index is 13.3. The van der Waals surface area contributed by atoms with Crippen LogP contribution in [0.3, 0.4) is 0 Å². The van der Waals surface area contributed by atoms with Crippen LogP contribution in [-0.4, -0.2) is 59.7 Å². The third kappa shape index (κ3) is 6.38. The summed E-state index contributed by atoms with van der Waals surface area (Å²) in [6.07, 6.45) is 4.85. The van der Waals surface area contributed by atoms with Gasteiger partial charge >= 0.3 is 0 Å². The molecule has 0 unspecified atom stereocenters. The van der Waals surface area contributed by atoms with Crippen LogP contribution in [0.5, 0.6) is 0 Å². The molecule has 1 saturated heterocycles. The number of fused-ring (bicyclic) bond motifs is 1. The van der Waals surface area contributed by atoms with Crippen molar-refractivity contribution in [3.63, 3.8) is 0 Å². The number of nitrogens with one attached hydrogen (secondary N) is 1. The average molecular weight is 503 g/mol. The van der Waals surface area contributed by atoms with E-state index in [2.05, 4.69) is 24.2 Å². The van der Waals surface area contributed by atoms with Crippen molar-refractivity contribution in [2.24, 2.45) is 16.5 Å². The minimum atomic E-state index is -0.0269. The predicted octanol–water partition coefficient (Wildman–Crippen LogP) is 3.90. The zero-order valence-corrected chi connectivity index (χ0v) is 21.9. The fraction of sp³-hybridized carbons (Fsp3) is 0.414. The molecule has 0 saturated carbocycles. The molecule has 2 aliphatic rings. The largest absolute Gasteiger partial charge is 0.387 e. The van der Waals surface area contributed by atoms with Crippen LogP contribution in [0.25, 0.3) is 6.08 Å². The van der Waals surface area contributed by atoms with Crippen LogP contribution >= 0.6 is 0 Å². The Hall–Kier alpha value is -3.65. The summed E-state index contributed by atoms with van der Waals surface area (Å²) in [5.41, 5.74) is 16.6. The van der Waals surface area contributed by atoms with E-state index in [-0.39, 0.29) is 17.9 Å². The van der Waals surface area contributed by atoms with E-state index in [1.165, 1.54) is 0 Å². The van der Waals surface area contributed by atoms with Gasteiger partial charge in [-0.25, -0.2) is 4.99 Å². The van der Waals surface area contributed by atoms with Gasteiger partial charge in [0.2, 0.25) is 5.91 Å². The fourth-order valence-electron chi connectivity index (χ4n) is 4.94. The zero-order chi connectivity index (χ0) is 26.4. The third-order valence-electron chi connectivity index (χ3n) is 6.83. The highest BCUT2D eigenvalue weighted by Gasteiger charge is 2.28. The van der Waals surface area contributed by atoms with Crippen LogP contribution in [-0.2, 0) is 11.3 Å². The first-order valence-electron chi connectivity index (χ1n) is 13.2. The summed E-state index contributed by atoms with van der Waals surface area (Å²) in [7, 11) is 0. The van der Waals surface area contributed by atoms with Crippen LogP contribution in [0, 0.1) is 0 Å². The summed E-state index contributed by atoms with van der Waals surface area (Å²) < 4.78 is 0. The van der Waals surface area contributed by atoms with Crippen molar-refractivity contribution < 1.29 is 9.59 Å². The Morgan fingerprint density at radius 3 is 2.51 bits per heavy atom. The number of amidine groups is 1. The van der Waals surface area contributed by atoms with E-state index in [0.29, 0.717) is 61.8 Å². The minimum Gasteiger partial charge on any atom is -0.387 e. The molecule has 1 atom stereocenters. The summed E-state index contributed by atoms with van der Waals surface area (Å²) in [5.74, 6) is 0.353. The summed E-state index contributed by atoms with van der Waals surface area (Å²) in [4.78, 5) is 34.8. The Morgan fingerprint density at radius 2 is 1.84 bits per heavy atom. The number of anilines is 1. The molecule has 8 nitrogen and oxygen atoms in total. The maximum Gasteiger partial charge on any atom is 0.254 e. The van der Waals surface area contributed by atoms with Gasteiger partial charge in [-0.3, -0.25) is 9.59 Å². The highest BCUT2D eigenvalue weighted by atomic mass is 16.2. The van der Waals surface area contributed by atoms with Crippen LogP contribution in [0.1, 0.15) is 61.0 Å². The lowest BCUT2D eigenvalue weighted by Crippen LogP contribution is -2.34. The topological polar surface area (TPSA) is 117 Å². The van der Waals surface area contributed by atoms with Gasteiger partial charge in [0, 0.05) is 67.6 Å². The molecule has 2 amide bonds. The Bertz CT molecular complexity index is 1180. The van der Waals surface area contributed by atoms with E-state index in [9.17, 15) is 9.59 Å². The number of hydrogen-bond acceptors (Lipinski definition) is 6. The van der Waals surface area contributed by atoms with Gasteiger partial charge in [-0.15, -0.1) is 0 Å². The van der Waals surface area contributed by atoms with Gasteiger partial charge in [0.1, 0.15) is 5.84 Å². The maximum absolute atomic E-state index is 13.3. The number of nitrogens with zero attached hydrogens (tertiary/aromatic N) is 3. The highest BCUT2D eigenvalue weighted by Crippen LogP contribution is 2.29. The molecule has 196 valence electrons. The molecule has 0 aromatic heterocycles. The normalized spacial score (nSPS) is 16.9. The molecule has 37 heavy (non-hydrogen) atoms.